The van der Waals surface area contributed by atoms with Gasteiger partial charge in [0.05, 0.1) is 11.8 Å². The molecule has 3 heterocycles. The van der Waals surface area contributed by atoms with Crippen LogP contribution in [0, 0.1) is 17.3 Å². The number of alkyl carbamates (subject to hydrolysis) is 1. The molecule has 3 aliphatic heterocycles. The summed E-state index contributed by atoms with van der Waals surface area (Å²) in [6, 6.07) is 0.146. The Labute approximate surface area is 363 Å². The van der Waals surface area contributed by atoms with Gasteiger partial charge in [-0.2, -0.15) is 0 Å². The Balaban J connectivity index is 1.12. The van der Waals surface area contributed by atoms with Gasteiger partial charge in [0.15, 0.2) is 11.5 Å². The summed E-state index contributed by atoms with van der Waals surface area (Å²) in [7, 11) is -3.93. The number of nitrogens with one attached hydrogen (secondary N) is 4. The van der Waals surface area contributed by atoms with Gasteiger partial charge >= 0.3 is 12.2 Å². The van der Waals surface area contributed by atoms with Crippen molar-refractivity contribution in [3.8, 4) is 11.5 Å². The minimum atomic E-state index is -3.93. The molecule has 4 fully saturated rings. The molecule has 3 saturated carbocycles. The molecule has 1 aromatic rings. The first-order valence-electron chi connectivity index (χ1n) is 21.9. The van der Waals surface area contributed by atoms with Crippen molar-refractivity contribution in [3.05, 3.63) is 23.3 Å². The van der Waals surface area contributed by atoms with E-state index in [0.717, 1.165) is 30.4 Å². The van der Waals surface area contributed by atoms with E-state index >= 15 is 0 Å². The average molecular weight is 887 g/mol. The van der Waals surface area contributed by atoms with Crippen molar-refractivity contribution in [2.75, 3.05) is 13.3 Å². The fourth-order valence-corrected chi connectivity index (χ4v) is 10.5. The fourth-order valence-electron chi connectivity index (χ4n) is 9.15. The third-order valence-electron chi connectivity index (χ3n) is 12.8. The maximum Gasteiger partial charge on any atom is 0.410 e. The lowest BCUT2D eigenvalue weighted by Gasteiger charge is -2.37. The highest BCUT2D eigenvalue weighted by molar-refractivity contribution is 7.91. The van der Waals surface area contributed by atoms with E-state index in [9.17, 15) is 37.2 Å². The quantitative estimate of drug-likeness (QED) is 0.236. The zero-order valence-corrected chi connectivity index (χ0v) is 37.6. The van der Waals surface area contributed by atoms with Crippen LogP contribution in [0.25, 0.3) is 0 Å². The second-order valence-corrected chi connectivity index (χ2v) is 21.8. The van der Waals surface area contributed by atoms with Gasteiger partial charge in [-0.15, -0.1) is 0 Å². The van der Waals surface area contributed by atoms with Crippen molar-refractivity contribution in [2.24, 2.45) is 17.3 Å². The summed E-state index contributed by atoms with van der Waals surface area (Å²) in [6.07, 6.45) is 3.14. The Morgan fingerprint density at radius 3 is 2.08 bits per heavy atom. The number of hydrogen-bond acceptors (Lipinski definition) is 12. The van der Waals surface area contributed by atoms with Gasteiger partial charge in [-0.25, -0.2) is 18.0 Å². The standard InChI is InChI=1S/C43H62N6O12S/c1-8-27-19-43(27,38(53)47-62(56,57)29-14-15-29)46-35(50)30-18-28(60-40(55)48-20-25-16-31-32(59-23-58-31)17-26(25)21-48)22-49(30)37(52)34(41(2,3)4)45-36(51)33(24-12-10-9-11-13-24)44-39(54)61-42(5,6)7/h16-17,24,27-30,33-34H,8-15,18-23H2,1-7H3,(H,44,54)(H,45,51)(H,46,50)(H,47,53)/t27-,28+,30-,33-,34+,43-/m0/s1. The van der Waals surface area contributed by atoms with Crippen LogP contribution in [0.5, 0.6) is 11.5 Å². The van der Waals surface area contributed by atoms with Crippen molar-refractivity contribution in [1.82, 2.24) is 30.5 Å². The molecule has 0 aromatic heterocycles. The molecular weight excluding hydrogens is 825 g/mol. The lowest BCUT2D eigenvalue weighted by atomic mass is 9.82. The van der Waals surface area contributed by atoms with Crippen molar-refractivity contribution in [1.29, 1.82) is 0 Å². The minimum absolute atomic E-state index is 0.115. The van der Waals surface area contributed by atoms with E-state index in [1.54, 1.807) is 41.5 Å². The summed E-state index contributed by atoms with van der Waals surface area (Å²) in [4.78, 5) is 87.1. The maximum absolute atomic E-state index is 15.0. The predicted octanol–water partition coefficient (Wildman–Crippen LogP) is 3.73. The maximum atomic E-state index is 15.0. The second kappa shape index (κ2) is 17.1. The van der Waals surface area contributed by atoms with Crippen LogP contribution in [0.15, 0.2) is 12.1 Å². The number of benzene rings is 1. The molecule has 0 spiro atoms. The van der Waals surface area contributed by atoms with E-state index in [-0.39, 0.29) is 51.1 Å². The van der Waals surface area contributed by atoms with Gasteiger partial charge in [0.25, 0.3) is 5.91 Å². The number of carbonyl (C=O) groups excluding carboxylic acids is 6. The van der Waals surface area contributed by atoms with E-state index in [1.165, 1.54) is 9.80 Å². The van der Waals surface area contributed by atoms with Gasteiger partial charge in [0.1, 0.15) is 35.4 Å². The second-order valence-electron chi connectivity index (χ2n) is 19.9. The Kier molecular flexibility index (Phi) is 12.4. The van der Waals surface area contributed by atoms with Gasteiger partial charge in [0.2, 0.25) is 34.5 Å². The molecule has 4 N–H and O–H groups in total. The normalized spacial score (nSPS) is 25.6. The average Bonchev–Trinajstić information content (AvgIpc) is 4.02. The Bertz CT molecular complexity index is 2040. The number of hydrogen-bond donors (Lipinski definition) is 4. The molecule has 3 aliphatic carbocycles. The molecule has 6 amide bonds. The van der Waals surface area contributed by atoms with Crippen molar-refractivity contribution < 1.29 is 56.1 Å². The number of carbonyl (C=O) groups is 6. The topological polar surface area (TPSA) is 228 Å². The number of ether oxygens (including phenoxy) is 4. The largest absolute Gasteiger partial charge is 0.454 e. The lowest BCUT2D eigenvalue weighted by Crippen LogP contribution is -2.62. The first kappa shape index (κ1) is 45.2. The molecule has 1 aromatic carbocycles. The first-order valence-corrected chi connectivity index (χ1v) is 23.5. The van der Waals surface area contributed by atoms with Gasteiger partial charge in [-0.1, -0.05) is 53.4 Å². The van der Waals surface area contributed by atoms with Crippen LogP contribution < -0.4 is 30.1 Å². The summed E-state index contributed by atoms with van der Waals surface area (Å²) < 4.78 is 50.4. The smallest absolute Gasteiger partial charge is 0.410 e. The van der Waals surface area contributed by atoms with Gasteiger partial charge < -0.3 is 39.8 Å². The van der Waals surface area contributed by atoms with Crippen LogP contribution >= 0.6 is 0 Å². The molecule has 62 heavy (non-hydrogen) atoms. The molecule has 18 nitrogen and oxygen atoms in total. The third-order valence-corrected chi connectivity index (χ3v) is 14.6. The van der Waals surface area contributed by atoms with Crippen LogP contribution in [0.1, 0.15) is 124 Å². The number of sulfonamides is 1. The highest BCUT2D eigenvalue weighted by Crippen LogP contribution is 2.47. The molecule has 6 aliphatic rings. The van der Waals surface area contributed by atoms with Crippen molar-refractivity contribution >= 4 is 45.8 Å². The highest BCUT2D eigenvalue weighted by Gasteiger charge is 2.62. The van der Waals surface area contributed by atoms with E-state index in [0.29, 0.717) is 43.6 Å². The van der Waals surface area contributed by atoms with Gasteiger partial charge in [0, 0.05) is 19.5 Å². The molecular formula is C43H62N6O12S. The van der Waals surface area contributed by atoms with E-state index in [4.69, 9.17) is 18.9 Å². The fraction of sp³-hybridized carbons (Fsp3) is 0.721. The van der Waals surface area contributed by atoms with Crippen LogP contribution in [-0.2, 0) is 51.8 Å². The van der Waals surface area contributed by atoms with Crippen molar-refractivity contribution in [2.45, 2.75) is 166 Å². The van der Waals surface area contributed by atoms with Crippen LogP contribution in [-0.4, -0.2) is 108 Å². The summed E-state index contributed by atoms with van der Waals surface area (Å²) in [5.74, 6) is -2.16. The van der Waals surface area contributed by atoms with Crippen LogP contribution in [0.4, 0.5) is 9.59 Å². The van der Waals surface area contributed by atoms with Gasteiger partial charge in [-0.05, 0) is 93.4 Å². The first-order chi connectivity index (χ1) is 29.1. The van der Waals surface area contributed by atoms with Crippen LogP contribution in [0.2, 0.25) is 0 Å². The SMILES string of the molecule is CC[C@H]1C[C@@]1(NC(=O)[C@@H]1C[C@@H](OC(=O)N2Cc3cc4c(cc3C2)OCO4)CN1C(=O)[C@@H](NC(=O)[C@@H](NC(=O)OC(C)(C)C)C1CCCCC1)C(C)(C)C)C(=O)NS(=O)(=O)C1CC1. The molecule has 6 atom stereocenters. The Morgan fingerprint density at radius 2 is 1.53 bits per heavy atom. The summed E-state index contributed by atoms with van der Waals surface area (Å²) in [5, 5.41) is 7.86. The van der Waals surface area contributed by atoms with E-state index in [2.05, 4.69) is 20.7 Å². The monoisotopic (exact) mass is 886 g/mol. The molecule has 0 radical (unpaired) electrons. The van der Waals surface area contributed by atoms with Crippen LogP contribution in [0.3, 0.4) is 0 Å². The molecule has 0 bridgehead atoms. The zero-order valence-electron chi connectivity index (χ0n) is 36.8. The number of likely N-dealkylation sites (tertiary alicyclic amines) is 1. The number of fused-ring (bicyclic) bond motifs is 2. The lowest BCUT2D eigenvalue weighted by molar-refractivity contribution is -0.145. The molecule has 19 heteroatoms. The molecule has 1 saturated heterocycles. The molecule has 342 valence electrons. The number of rotatable bonds is 12. The molecule has 7 rings (SSSR count). The van der Waals surface area contributed by atoms with Gasteiger partial charge in [-0.3, -0.25) is 28.8 Å². The van der Waals surface area contributed by atoms with E-state index in [1.807, 2.05) is 19.1 Å². The summed E-state index contributed by atoms with van der Waals surface area (Å²) in [5.41, 5.74) is -1.54. The number of nitrogens with zero attached hydrogens (tertiary/aromatic N) is 2. The Hall–Kier alpha value is -4.81. The summed E-state index contributed by atoms with van der Waals surface area (Å²) >= 11 is 0. The van der Waals surface area contributed by atoms with E-state index < -0.39 is 91.9 Å². The summed E-state index contributed by atoms with van der Waals surface area (Å²) in [6.45, 7) is 12.7. The molecule has 0 unspecified atom stereocenters. The minimum Gasteiger partial charge on any atom is -0.454 e. The zero-order chi connectivity index (χ0) is 44.9. The predicted molar refractivity (Wildman–Crippen MR) is 223 cm³/mol. The number of amides is 6. The third kappa shape index (κ3) is 9.86. The highest BCUT2D eigenvalue weighted by atomic mass is 32.2. The van der Waals surface area contributed by atoms with Crippen molar-refractivity contribution in [3.63, 3.8) is 0 Å². The Morgan fingerprint density at radius 1 is 0.903 bits per heavy atom.